The lowest BCUT2D eigenvalue weighted by Crippen LogP contribution is -2.34. The van der Waals surface area contributed by atoms with Crippen molar-refractivity contribution in [3.05, 3.63) is 320 Å². The molecule has 9 aromatic carbocycles. The van der Waals surface area contributed by atoms with Gasteiger partial charge in [-0.2, -0.15) is 0 Å². The van der Waals surface area contributed by atoms with Crippen LogP contribution in [0.25, 0.3) is 0 Å². The number of pyridine rings is 3. The monoisotopic (exact) mass is 1480 g/mol. The number of aromatic nitrogens is 3. The van der Waals surface area contributed by atoms with E-state index in [9.17, 15) is 10.2 Å². The van der Waals surface area contributed by atoms with E-state index in [0.29, 0.717) is 49.6 Å². The van der Waals surface area contributed by atoms with Crippen molar-refractivity contribution >= 4 is 103 Å². The molecule has 14 heteroatoms. The first-order chi connectivity index (χ1) is 50.1. The van der Waals surface area contributed by atoms with Crippen LogP contribution in [-0.2, 0) is 13.2 Å². The number of hydrogen-bond donors (Lipinski definition) is 2. The molecule has 0 amide bonds. The molecule has 12 aromatic rings. The standard InChI is InChI=1S/C24H27O6P.C21H21P.C18H15P.C15H12N3P.C12H27P/c1-27-18-10-5-8-16(14-25)22(18)31(23-17(15-26)9-6-11-19(23)28-2)24-20(29-3)12-7-13-21(24)30-4;1-16-10-4-7-13-19(16)22(20-14-8-5-11-17(20)2)21-15-9-6-12-18(21)3;1-4-10-16(11-5-1)19(17-12-6-2-7-13-17)18-14-8-3-9-15-18;1-4-13(10-16-7-1)19(14-5-2-8-17-11-14)15-6-3-9-18-12-15;1-10(2,3)13(11(4,5)6)12(7,8)9/h5-13,25-26H,14-15H2,1-4H3;4-15H,1-3H3;1-15H;1-12H;1-9H3. The van der Waals surface area contributed by atoms with E-state index in [0.717, 1.165) is 15.9 Å². The molecule has 0 aliphatic rings. The molecule has 104 heavy (non-hydrogen) atoms. The summed E-state index contributed by atoms with van der Waals surface area (Å²) in [6.45, 7) is 27.8. The van der Waals surface area contributed by atoms with Crippen molar-refractivity contribution < 1.29 is 29.2 Å². The Hall–Kier alpha value is -8.30. The highest BCUT2D eigenvalue weighted by Gasteiger charge is 2.42. The summed E-state index contributed by atoms with van der Waals surface area (Å²) in [4.78, 5) is 12.7. The van der Waals surface area contributed by atoms with Crippen molar-refractivity contribution in [2.45, 2.75) is 112 Å². The first kappa shape index (κ1) is 81.4. The Kier molecular flexibility index (Phi) is 31.1. The van der Waals surface area contributed by atoms with Crippen LogP contribution in [0.1, 0.15) is 90.1 Å². The summed E-state index contributed by atoms with van der Waals surface area (Å²) in [6, 6.07) is 87.7. The minimum Gasteiger partial charge on any atom is -0.496 e. The van der Waals surface area contributed by atoms with E-state index in [2.05, 4.69) is 280 Å². The van der Waals surface area contributed by atoms with Gasteiger partial charge < -0.3 is 29.2 Å². The van der Waals surface area contributed by atoms with Gasteiger partial charge in [0.05, 0.1) is 47.0 Å². The Morgan fingerprint density at radius 3 is 0.788 bits per heavy atom. The molecule has 3 heterocycles. The van der Waals surface area contributed by atoms with E-state index in [1.54, 1.807) is 47.0 Å². The second-order valence-corrected chi connectivity index (χ2v) is 40.7. The first-order valence-corrected chi connectivity index (χ1v) is 41.6. The number of methoxy groups -OCH3 is 4. The van der Waals surface area contributed by atoms with Crippen molar-refractivity contribution in [2.75, 3.05) is 28.4 Å². The van der Waals surface area contributed by atoms with E-state index < -0.39 is 31.7 Å². The number of benzene rings is 9. The van der Waals surface area contributed by atoms with Gasteiger partial charge in [-0.1, -0.05) is 283 Å². The van der Waals surface area contributed by atoms with E-state index in [4.69, 9.17) is 18.9 Å². The average molecular weight is 1480 g/mol. The lowest BCUT2D eigenvalue weighted by atomic mass is 10.2. The van der Waals surface area contributed by atoms with Crippen molar-refractivity contribution in [2.24, 2.45) is 0 Å². The van der Waals surface area contributed by atoms with E-state index in [1.807, 2.05) is 91.4 Å². The highest BCUT2D eigenvalue weighted by molar-refractivity contribution is 7.81. The molecule has 0 aliphatic carbocycles. The molecule has 0 unspecified atom stereocenters. The predicted octanol–water partition coefficient (Wildman–Crippen LogP) is 16.8. The third-order valence-electron chi connectivity index (χ3n) is 16.9. The predicted molar refractivity (Wildman–Crippen MR) is 452 cm³/mol. The zero-order valence-electron chi connectivity index (χ0n) is 63.2. The van der Waals surface area contributed by atoms with Gasteiger partial charge in [0.2, 0.25) is 0 Å². The van der Waals surface area contributed by atoms with Crippen molar-refractivity contribution in [1.82, 2.24) is 15.0 Å². The Morgan fingerprint density at radius 1 is 0.279 bits per heavy atom. The molecule has 2 N–H and O–H groups in total. The summed E-state index contributed by atoms with van der Waals surface area (Å²) in [7, 11) is 3.42. The van der Waals surface area contributed by atoms with Crippen LogP contribution in [-0.4, -0.2) is 69.1 Å². The highest BCUT2D eigenvalue weighted by Crippen LogP contribution is 2.67. The molecular formula is C90H102N3O6P5. The van der Waals surface area contributed by atoms with Crippen LogP contribution in [0.3, 0.4) is 0 Å². The summed E-state index contributed by atoms with van der Waals surface area (Å²) in [6.07, 6.45) is 11.2. The molecule has 0 bridgehead atoms. The van der Waals surface area contributed by atoms with E-state index in [-0.39, 0.29) is 21.1 Å². The van der Waals surface area contributed by atoms with Crippen molar-refractivity contribution in [3.63, 3.8) is 0 Å². The van der Waals surface area contributed by atoms with Crippen LogP contribution in [0.2, 0.25) is 0 Å². The molecule has 0 aliphatic heterocycles. The van der Waals surface area contributed by atoms with Gasteiger partial charge in [0.25, 0.3) is 0 Å². The SMILES string of the molecule is CC(C)(C)P(C(C)(C)C)C(C)(C)C.COc1cccc(CO)c1P(c1c(CO)cccc1OC)c1c(OC)cccc1OC.Cc1ccccc1P(c1ccccc1C)c1ccccc1C.c1ccc(P(c2ccccc2)c2ccccc2)cc1.c1cncc(P(c2cccnc2)c2cccnc2)c1. The summed E-state index contributed by atoms with van der Waals surface area (Å²) in [5, 5.41) is 36.4. The molecule has 0 fully saturated rings. The fourth-order valence-corrected chi connectivity index (χ4v) is 29.9. The summed E-state index contributed by atoms with van der Waals surface area (Å²) in [5.74, 6) is 2.52. The minimum absolute atomic E-state index is 0.0162. The average Bonchev–Trinajstić information content (AvgIpc) is 0.752. The van der Waals surface area contributed by atoms with E-state index >= 15 is 0 Å². The molecule has 0 spiro atoms. The number of ether oxygens (including phenoxy) is 4. The maximum atomic E-state index is 10.2. The normalized spacial score (nSPS) is 11.3. The summed E-state index contributed by atoms with van der Waals surface area (Å²) in [5.41, 5.74) is 5.56. The second kappa shape index (κ2) is 39.7. The topological polar surface area (TPSA) is 116 Å². The fraction of sp³-hybridized carbons (Fsp3) is 0.233. The Morgan fingerprint density at radius 2 is 0.538 bits per heavy atom. The molecule has 0 saturated heterocycles. The summed E-state index contributed by atoms with van der Waals surface area (Å²) < 4.78 is 22.9. The molecule has 9 nitrogen and oxygen atoms in total. The maximum Gasteiger partial charge on any atom is 0.130 e. The highest BCUT2D eigenvalue weighted by atomic mass is 31.1. The molecule has 12 rings (SSSR count). The zero-order valence-corrected chi connectivity index (χ0v) is 67.7. The number of aliphatic hydroxyl groups excluding tert-OH is 2. The fourth-order valence-electron chi connectivity index (χ4n) is 13.5. The Balaban J connectivity index is 0.000000169. The number of rotatable bonds is 18. The third-order valence-corrected chi connectivity index (χ3v) is 31.4. The third kappa shape index (κ3) is 21.7. The van der Waals surface area contributed by atoms with Gasteiger partial charge in [0.15, 0.2) is 0 Å². The van der Waals surface area contributed by atoms with Crippen LogP contribution in [0.5, 0.6) is 23.0 Å². The van der Waals surface area contributed by atoms with Crippen LogP contribution in [0, 0.1) is 20.8 Å². The first-order valence-electron chi connectivity index (χ1n) is 34.9. The molecule has 3 aromatic heterocycles. The largest absolute Gasteiger partial charge is 0.496 e. The lowest BCUT2D eigenvalue weighted by molar-refractivity contribution is 0.282. The van der Waals surface area contributed by atoms with Crippen LogP contribution < -0.4 is 82.6 Å². The number of aliphatic hydroxyl groups is 2. The van der Waals surface area contributed by atoms with Crippen LogP contribution >= 0.6 is 39.6 Å². The minimum atomic E-state index is -1.43. The Bertz CT molecular complexity index is 3900. The number of hydrogen-bond acceptors (Lipinski definition) is 9. The quantitative estimate of drug-likeness (QED) is 0.0810. The molecule has 538 valence electrons. The molecule has 0 saturated carbocycles. The number of nitrogens with zero attached hydrogens (tertiary/aromatic N) is 3. The molecule has 0 radical (unpaired) electrons. The maximum absolute atomic E-state index is 10.2. The summed E-state index contributed by atoms with van der Waals surface area (Å²) >= 11 is 0. The molecular weight excluding hydrogens is 1370 g/mol. The van der Waals surface area contributed by atoms with Crippen LogP contribution in [0.4, 0.5) is 0 Å². The van der Waals surface area contributed by atoms with Gasteiger partial charge in [-0.15, -0.1) is 0 Å². The van der Waals surface area contributed by atoms with Gasteiger partial charge in [0, 0.05) is 71.6 Å². The second-order valence-electron chi connectivity index (χ2n) is 27.5. The van der Waals surface area contributed by atoms with Gasteiger partial charge in [-0.25, -0.2) is 0 Å². The van der Waals surface area contributed by atoms with Gasteiger partial charge in [-0.05, 0) is 162 Å². The Labute approximate surface area is 626 Å². The number of aryl methyl sites for hydroxylation is 3. The smallest absolute Gasteiger partial charge is 0.130 e. The van der Waals surface area contributed by atoms with Gasteiger partial charge >= 0.3 is 0 Å². The molecule has 0 atom stereocenters. The van der Waals surface area contributed by atoms with Gasteiger partial charge in [0.1, 0.15) is 23.0 Å². The van der Waals surface area contributed by atoms with Gasteiger partial charge in [-0.3, -0.25) is 15.0 Å². The van der Waals surface area contributed by atoms with Crippen molar-refractivity contribution in [1.29, 1.82) is 0 Å². The zero-order chi connectivity index (χ0) is 74.8. The van der Waals surface area contributed by atoms with E-state index in [1.165, 1.54) is 64.4 Å². The van der Waals surface area contributed by atoms with Crippen molar-refractivity contribution in [3.8, 4) is 23.0 Å². The lowest BCUT2D eigenvalue weighted by Gasteiger charge is -2.49. The van der Waals surface area contributed by atoms with Crippen LogP contribution in [0.15, 0.2) is 292 Å².